The molecule has 23 heavy (non-hydrogen) atoms. The summed E-state index contributed by atoms with van der Waals surface area (Å²) in [7, 11) is 0. The lowest BCUT2D eigenvalue weighted by Gasteiger charge is -2.09. The molecule has 0 saturated carbocycles. The second-order valence-corrected chi connectivity index (χ2v) is 5.74. The normalized spacial score (nSPS) is 10.7. The van der Waals surface area contributed by atoms with Crippen LogP contribution in [-0.4, -0.2) is 22.5 Å². The molecule has 0 aliphatic heterocycles. The zero-order valence-corrected chi connectivity index (χ0v) is 14.2. The van der Waals surface area contributed by atoms with Crippen molar-refractivity contribution < 1.29 is 9.53 Å². The number of rotatable bonds is 5. The Kier molecular flexibility index (Phi) is 4.62. The first-order valence-electron chi connectivity index (χ1n) is 7.31. The molecule has 0 unspecified atom stereocenters. The van der Waals surface area contributed by atoms with E-state index in [1.165, 1.54) is 0 Å². The summed E-state index contributed by atoms with van der Waals surface area (Å²) >= 11 is 3.49. The molecule has 1 amide bonds. The highest BCUT2D eigenvalue weighted by atomic mass is 79.9. The molecular formula is C17H16BrN3O2. The molecule has 0 aliphatic carbocycles. The van der Waals surface area contributed by atoms with Crippen LogP contribution in [-0.2, 0) is 6.54 Å². The van der Waals surface area contributed by atoms with Gasteiger partial charge in [-0.2, -0.15) is 0 Å². The van der Waals surface area contributed by atoms with Crippen molar-refractivity contribution >= 4 is 32.7 Å². The van der Waals surface area contributed by atoms with Crippen LogP contribution >= 0.6 is 15.9 Å². The summed E-state index contributed by atoms with van der Waals surface area (Å²) in [6.45, 7) is 2.79. The lowest BCUT2D eigenvalue weighted by atomic mass is 10.2. The van der Waals surface area contributed by atoms with Gasteiger partial charge in [-0.1, -0.05) is 24.3 Å². The lowest BCUT2D eigenvalue weighted by molar-refractivity contribution is 0.0945. The molecule has 0 atom stereocenters. The third kappa shape index (κ3) is 3.22. The molecule has 2 aromatic heterocycles. The second kappa shape index (κ2) is 6.83. The largest absolute Gasteiger partial charge is 0.478 e. The van der Waals surface area contributed by atoms with Gasteiger partial charge >= 0.3 is 0 Å². The summed E-state index contributed by atoms with van der Waals surface area (Å²) in [6, 6.07) is 11.5. The highest BCUT2D eigenvalue weighted by Crippen LogP contribution is 2.27. The Labute approximate surface area is 142 Å². The van der Waals surface area contributed by atoms with Crippen LogP contribution in [0.1, 0.15) is 23.0 Å². The fourth-order valence-corrected chi connectivity index (χ4v) is 2.98. The second-order valence-electron chi connectivity index (χ2n) is 4.94. The van der Waals surface area contributed by atoms with Gasteiger partial charge < -0.3 is 15.0 Å². The zero-order chi connectivity index (χ0) is 16.2. The van der Waals surface area contributed by atoms with Crippen LogP contribution in [0.5, 0.6) is 5.88 Å². The first kappa shape index (κ1) is 15.6. The minimum atomic E-state index is -0.181. The van der Waals surface area contributed by atoms with Gasteiger partial charge in [0.1, 0.15) is 5.69 Å². The van der Waals surface area contributed by atoms with Gasteiger partial charge in [0.15, 0.2) is 0 Å². The third-order valence-corrected chi connectivity index (χ3v) is 4.26. The SMILES string of the molecule is CCOc1ncccc1CNC(=O)c1[nH]c2ccccc2c1Br. The summed E-state index contributed by atoms with van der Waals surface area (Å²) in [5.74, 6) is 0.366. The van der Waals surface area contributed by atoms with Gasteiger partial charge in [0.05, 0.1) is 11.1 Å². The number of benzene rings is 1. The van der Waals surface area contributed by atoms with Gasteiger partial charge in [-0.05, 0) is 35.0 Å². The molecule has 2 N–H and O–H groups in total. The van der Waals surface area contributed by atoms with Crippen molar-refractivity contribution in [1.29, 1.82) is 0 Å². The number of nitrogens with zero attached hydrogens (tertiary/aromatic N) is 1. The summed E-state index contributed by atoms with van der Waals surface area (Å²) in [5.41, 5.74) is 2.27. The predicted molar refractivity (Wildman–Crippen MR) is 92.6 cm³/mol. The standard InChI is InChI=1S/C17H16BrN3O2/c1-2-23-17-11(6-5-9-19-17)10-20-16(22)15-14(18)12-7-3-4-8-13(12)21-15/h3-9,21H,2,10H2,1H3,(H,20,22). The number of aromatic nitrogens is 2. The van der Waals surface area contributed by atoms with Crippen molar-refractivity contribution in [2.24, 2.45) is 0 Å². The van der Waals surface area contributed by atoms with E-state index in [0.717, 1.165) is 20.9 Å². The van der Waals surface area contributed by atoms with Gasteiger partial charge in [-0.25, -0.2) is 4.98 Å². The van der Waals surface area contributed by atoms with Crippen LogP contribution in [0.2, 0.25) is 0 Å². The molecule has 3 rings (SSSR count). The van der Waals surface area contributed by atoms with Gasteiger partial charge in [0.2, 0.25) is 5.88 Å². The number of hydrogen-bond donors (Lipinski definition) is 2. The number of carbonyl (C=O) groups is 1. The van der Waals surface area contributed by atoms with Crippen molar-refractivity contribution in [3.05, 3.63) is 58.3 Å². The maximum Gasteiger partial charge on any atom is 0.269 e. The number of hydrogen-bond acceptors (Lipinski definition) is 3. The number of pyridine rings is 1. The summed E-state index contributed by atoms with van der Waals surface area (Å²) in [5, 5.41) is 3.88. The first-order valence-corrected chi connectivity index (χ1v) is 8.11. The fourth-order valence-electron chi connectivity index (χ4n) is 2.35. The average molecular weight is 374 g/mol. The van der Waals surface area contributed by atoms with Gasteiger partial charge in [0.25, 0.3) is 5.91 Å². The Bertz CT molecular complexity index is 845. The molecule has 0 aliphatic rings. The molecule has 0 radical (unpaired) electrons. The van der Waals surface area contributed by atoms with Crippen LogP contribution in [0.3, 0.4) is 0 Å². The number of aromatic amines is 1. The van der Waals surface area contributed by atoms with E-state index in [1.807, 2.05) is 43.3 Å². The van der Waals surface area contributed by atoms with Crippen molar-refractivity contribution in [2.75, 3.05) is 6.61 Å². The number of nitrogens with one attached hydrogen (secondary N) is 2. The smallest absolute Gasteiger partial charge is 0.269 e. The Morgan fingerprint density at radius 3 is 2.91 bits per heavy atom. The summed E-state index contributed by atoms with van der Waals surface area (Å²) in [6.07, 6.45) is 1.67. The van der Waals surface area contributed by atoms with Crippen LogP contribution in [0.25, 0.3) is 10.9 Å². The molecular weight excluding hydrogens is 358 g/mol. The third-order valence-electron chi connectivity index (χ3n) is 3.44. The van der Waals surface area contributed by atoms with Gasteiger partial charge in [0, 0.05) is 29.2 Å². The van der Waals surface area contributed by atoms with E-state index in [1.54, 1.807) is 6.20 Å². The van der Waals surface area contributed by atoms with E-state index in [-0.39, 0.29) is 5.91 Å². The number of ether oxygens (including phenoxy) is 1. The van der Waals surface area contributed by atoms with E-state index in [4.69, 9.17) is 4.74 Å². The topological polar surface area (TPSA) is 67.0 Å². The molecule has 0 fully saturated rings. The summed E-state index contributed by atoms with van der Waals surface area (Å²) < 4.78 is 6.23. The summed E-state index contributed by atoms with van der Waals surface area (Å²) in [4.78, 5) is 19.8. The van der Waals surface area contributed by atoms with Gasteiger partial charge in [-0.15, -0.1) is 0 Å². The number of H-pyrrole nitrogens is 1. The monoisotopic (exact) mass is 373 g/mol. The molecule has 1 aromatic carbocycles. The fraction of sp³-hybridized carbons (Fsp3) is 0.176. The average Bonchev–Trinajstić information content (AvgIpc) is 2.91. The quantitative estimate of drug-likeness (QED) is 0.717. The first-order chi connectivity index (χ1) is 11.2. The molecule has 118 valence electrons. The molecule has 2 heterocycles. The highest BCUT2D eigenvalue weighted by Gasteiger charge is 2.16. The minimum Gasteiger partial charge on any atom is -0.478 e. The Morgan fingerprint density at radius 1 is 1.30 bits per heavy atom. The molecule has 6 heteroatoms. The van der Waals surface area contributed by atoms with Crippen molar-refractivity contribution in [2.45, 2.75) is 13.5 Å². The van der Waals surface area contributed by atoms with Crippen LogP contribution in [0, 0.1) is 0 Å². The highest BCUT2D eigenvalue weighted by molar-refractivity contribution is 9.10. The van der Waals surface area contributed by atoms with E-state index >= 15 is 0 Å². The number of fused-ring (bicyclic) bond motifs is 1. The Hall–Kier alpha value is -2.34. The maximum absolute atomic E-state index is 12.4. The molecule has 5 nitrogen and oxygen atoms in total. The number of halogens is 1. The van der Waals surface area contributed by atoms with Crippen molar-refractivity contribution in [3.8, 4) is 5.88 Å². The van der Waals surface area contributed by atoms with Gasteiger partial charge in [-0.3, -0.25) is 4.79 Å². The zero-order valence-electron chi connectivity index (χ0n) is 12.6. The van der Waals surface area contributed by atoms with Crippen molar-refractivity contribution in [1.82, 2.24) is 15.3 Å². The molecule has 0 spiro atoms. The van der Waals surface area contributed by atoms with Crippen LogP contribution < -0.4 is 10.1 Å². The minimum absolute atomic E-state index is 0.181. The van der Waals surface area contributed by atoms with Crippen LogP contribution in [0.4, 0.5) is 0 Å². The molecule has 0 saturated heterocycles. The molecule has 3 aromatic rings. The lowest BCUT2D eigenvalue weighted by Crippen LogP contribution is -2.24. The molecule has 0 bridgehead atoms. The van der Waals surface area contributed by atoms with E-state index in [2.05, 4.69) is 31.2 Å². The van der Waals surface area contributed by atoms with E-state index < -0.39 is 0 Å². The van der Waals surface area contributed by atoms with E-state index in [9.17, 15) is 4.79 Å². The number of amides is 1. The Morgan fingerprint density at radius 2 is 2.13 bits per heavy atom. The van der Waals surface area contributed by atoms with Crippen LogP contribution in [0.15, 0.2) is 47.1 Å². The number of para-hydroxylation sites is 1. The number of carbonyl (C=O) groups excluding carboxylic acids is 1. The van der Waals surface area contributed by atoms with Crippen molar-refractivity contribution in [3.63, 3.8) is 0 Å². The predicted octanol–water partition coefficient (Wildman–Crippen LogP) is 3.65. The maximum atomic E-state index is 12.4. The Balaban J connectivity index is 1.78. The van der Waals surface area contributed by atoms with E-state index in [0.29, 0.717) is 24.7 Å².